The highest BCUT2D eigenvalue weighted by atomic mass is 32.1. The van der Waals surface area contributed by atoms with Crippen LogP contribution in [0.3, 0.4) is 0 Å². The third-order valence-corrected chi connectivity index (χ3v) is 6.45. The number of benzene rings is 1. The quantitative estimate of drug-likeness (QED) is 0.246. The Bertz CT molecular complexity index is 949. The van der Waals surface area contributed by atoms with Gasteiger partial charge in [0, 0.05) is 5.56 Å². The summed E-state index contributed by atoms with van der Waals surface area (Å²) in [5, 5.41) is 8.09. The Morgan fingerprint density at radius 2 is 1.79 bits per heavy atom. The Kier molecular flexibility index (Phi) is 9.83. The summed E-state index contributed by atoms with van der Waals surface area (Å²) < 4.78 is 61.7. The zero-order valence-corrected chi connectivity index (χ0v) is 20.2. The van der Waals surface area contributed by atoms with Gasteiger partial charge < -0.3 is 20.3 Å². The summed E-state index contributed by atoms with van der Waals surface area (Å²) in [4.78, 5) is 17.7. The number of nitrogens with zero attached hydrogens (tertiary/aromatic N) is 2. The second-order valence-corrected chi connectivity index (χ2v) is 10.1. The molecule has 186 valence electrons. The number of aromatic nitrogens is 2. The highest BCUT2D eigenvalue weighted by Gasteiger charge is 2.35. The maximum atomic E-state index is 13.6. The summed E-state index contributed by atoms with van der Waals surface area (Å²) in [6, 6.07) is 3.66. The summed E-state index contributed by atoms with van der Waals surface area (Å²) in [6.45, 7) is 3.18. The SMILES string of the molecule is CCCCCCCCOc1ccc(-c2nnc([C@@](C)(N)COP(=O)(O)O)s2)cc1C(F)(F)F. The van der Waals surface area contributed by atoms with E-state index in [9.17, 15) is 17.7 Å². The number of hydrogen-bond donors (Lipinski definition) is 3. The normalized spacial score (nSPS) is 14.3. The molecule has 13 heteroatoms. The van der Waals surface area contributed by atoms with Crippen LogP contribution < -0.4 is 10.5 Å². The Balaban J connectivity index is 2.13. The second-order valence-electron chi connectivity index (χ2n) is 7.92. The maximum absolute atomic E-state index is 13.6. The van der Waals surface area contributed by atoms with E-state index < -0.39 is 31.7 Å². The topological polar surface area (TPSA) is 128 Å². The van der Waals surface area contributed by atoms with Gasteiger partial charge >= 0.3 is 14.0 Å². The van der Waals surface area contributed by atoms with E-state index in [1.54, 1.807) is 0 Å². The standard InChI is InChI=1S/C20H29F3N3O5PS/c1-3-4-5-6-7-8-11-30-16-10-9-14(12-15(16)20(21,22)23)17-25-26-18(33-17)19(2,24)13-31-32(27,28)29/h9-10,12H,3-8,11,13,24H2,1-2H3,(H2,27,28,29)/t19-/m0/s1. The Morgan fingerprint density at radius 3 is 2.42 bits per heavy atom. The van der Waals surface area contributed by atoms with Gasteiger partial charge in [0.1, 0.15) is 15.8 Å². The first kappa shape index (κ1) is 27.7. The van der Waals surface area contributed by atoms with E-state index in [2.05, 4.69) is 21.6 Å². The van der Waals surface area contributed by atoms with Crippen LogP contribution in [-0.2, 0) is 20.8 Å². The lowest BCUT2D eigenvalue weighted by atomic mass is 10.1. The number of phosphoric acid groups is 1. The van der Waals surface area contributed by atoms with Gasteiger partial charge in [-0.1, -0.05) is 50.4 Å². The van der Waals surface area contributed by atoms with E-state index in [4.69, 9.17) is 20.3 Å². The minimum absolute atomic E-state index is 0.155. The monoisotopic (exact) mass is 511 g/mol. The first-order chi connectivity index (χ1) is 15.3. The molecule has 1 aromatic heterocycles. The molecule has 33 heavy (non-hydrogen) atoms. The predicted octanol–water partition coefficient (Wildman–Crippen LogP) is 5.25. The zero-order valence-electron chi connectivity index (χ0n) is 18.5. The molecule has 0 fully saturated rings. The van der Waals surface area contributed by atoms with Crippen LogP contribution in [-0.4, -0.2) is 33.2 Å². The fourth-order valence-corrected chi connectivity index (χ4v) is 4.25. The predicted molar refractivity (Wildman–Crippen MR) is 119 cm³/mol. The number of alkyl halides is 3. The fraction of sp³-hybridized carbons (Fsp3) is 0.600. The van der Waals surface area contributed by atoms with Gasteiger partial charge in [-0.3, -0.25) is 4.52 Å². The molecule has 0 aliphatic rings. The molecule has 0 saturated carbocycles. The van der Waals surface area contributed by atoms with E-state index in [-0.39, 0.29) is 27.9 Å². The zero-order chi connectivity index (χ0) is 24.7. The lowest BCUT2D eigenvalue weighted by molar-refractivity contribution is -0.138. The molecule has 2 rings (SSSR count). The van der Waals surface area contributed by atoms with E-state index in [1.165, 1.54) is 19.1 Å². The second kappa shape index (κ2) is 11.7. The Hall–Kier alpha value is -1.56. The lowest BCUT2D eigenvalue weighted by Gasteiger charge is -2.21. The van der Waals surface area contributed by atoms with Crippen molar-refractivity contribution < 1.29 is 36.8 Å². The number of phosphoric ester groups is 1. The van der Waals surface area contributed by atoms with Gasteiger partial charge in [-0.25, -0.2) is 4.57 Å². The van der Waals surface area contributed by atoms with Crippen molar-refractivity contribution in [1.29, 1.82) is 0 Å². The summed E-state index contributed by atoms with van der Waals surface area (Å²) in [5.41, 5.74) is 3.86. The van der Waals surface area contributed by atoms with Crippen LogP contribution in [0.25, 0.3) is 10.6 Å². The molecule has 0 spiro atoms. The van der Waals surface area contributed by atoms with E-state index in [0.717, 1.165) is 49.5 Å². The van der Waals surface area contributed by atoms with Gasteiger partial charge in [0.05, 0.1) is 24.3 Å². The largest absolute Gasteiger partial charge is 0.493 e. The average Bonchev–Trinajstić information content (AvgIpc) is 3.22. The molecule has 0 saturated heterocycles. The van der Waals surface area contributed by atoms with Crippen molar-refractivity contribution in [3.63, 3.8) is 0 Å². The molecule has 0 bridgehead atoms. The molecule has 0 amide bonds. The van der Waals surface area contributed by atoms with Crippen LogP contribution in [0, 0.1) is 0 Å². The molecular weight excluding hydrogens is 482 g/mol. The molecule has 2 aromatic rings. The van der Waals surface area contributed by atoms with E-state index in [1.807, 2.05) is 0 Å². The van der Waals surface area contributed by atoms with Crippen LogP contribution in [0.15, 0.2) is 18.2 Å². The molecule has 8 nitrogen and oxygen atoms in total. The molecule has 1 heterocycles. The van der Waals surface area contributed by atoms with Crippen molar-refractivity contribution in [2.75, 3.05) is 13.2 Å². The molecule has 0 aliphatic heterocycles. The Morgan fingerprint density at radius 1 is 1.12 bits per heavy atom. The molecule has 1 atom stereocenters. The number of unbranched alkanes of at least 4 members (excludes halogenated alkanes) is 5. The third-order valence-electron chi connectivity index (χ3n) is 4.73. The number of rotatable bonds is 13. The molecule has 4 N–H and O–H groups in total. The number of ether oxygens (including phenoxy) is 1. The maximum Gasteiger partial charge on any atom is 0.469 e. The first-order valence-electron chi connectivity index (χ1n) is 10.5. The summed E-state index contributed by atoms with van der Waals surface area (Å²) in [7, 11) is -4.75. The molecule has 1 aromatic carbocycles. The minimum atomic E-state index is -4.75. The van der Waals surface area contributed by atoms with Crippen LogP contribution in [0.5, 0.6) is 5.75 Å². The number of hydrogen-bond acceptors (Lipinski definition) is 7. The van der Waals surface area contributed by atoms with Gasteiger partial charge in [0.2, 0.25) is 0 Å². The van der Waals surface area contributed by atoms with Crippen molar-refractivity contribution in [2.45, 2.75) is 64.1 Å². The van der Waals surface area contributed by atoms with Gasteiger partial charge in [-0.15, -0.1) is 10.2 Å². The summed E-state index contributed by atoms with van der Waals surface area (Å²) in [6.07, 6.45) is 1.36. The van der Waals surface area contributed by atoms with Gasteiger partial charge in [0.25, 0.3) is 0 Å². The number of nitrogens with two attached hydrogens (primary N) is 1. The third kappa shape index (κ3) is 8.95. The van der Waals surface area contributed by atoms with Crippen molar-refractivity contribution >= 4 is 19.2 Å². The van der Waals surface area contributed by atoms with Crippen LogP contribution >= 0.6 is 19.2 Å². The van der Waals surface area contributed by atoms with E-state index >= 15 is 0 Å². The van der Waals surface area contributed by atoms with E-state index in [0.29, 0.717) is 6.42 Å². The average molecular weight is 512 g/mol. The fourth-order valence-electron chi connectivity index (χ4n) is 2.93. The molecule has 0 radical (unpaired) electrons. The molecular formula is C20H29F3N3O5PS. The molecule has 0 unspecified atom stereocenters. The minimum Gasteiger partial charge on any atom is -0.493 e. The summed E-state index contributed by atoms with van der Waals surface area (Å²) >= 11 is 0.911. The van der Waals surface area contributed by atoms with Gasteiger partial charge in [-0.05, 0) is 31.5 Å². The van der Waals surface area contributed by atoms with Crippen LogP contribution in [0.2, 0.25) is 0 Å². The highest BCUT2D eigenvalue weighted by molar-refractivity contribution is 7.46. The van der Waals surface area contributed by atoms with Crippen molar-refractivity contribution in [3.05, 3.63) is 28.8 Å². The number of halogens is 3. The first-order valence-corrected chi connectivity index (χ1v) is 12.9. The van der Waals surface area contributed by atoms with Crippen molar-refractivity contribution in [2.24, 2.45) is 5.73 Å². The Labute approximate surface area is 194 Å². The van der Waals surface area contributed by atoms with Crippen molar-refractivity contribution in [1.82, 2.24) is 10.2 Å². The van der Waals surface area contributed by atoms with Crippen LogP contribution in [0.1, 0.15) is 62.9 Å². The highest BCUT2D eigenvalue weighted by Crippen LogP contribution is 2.41. The van der Waals surface area contributed by atoms with Crippen molar-refractivity contribution in [3.8, 4) is 16.3 Å². The lowest BCUT2D eigenvalue weighted by Crippen LogP contribution is -2.37. The van der Waals surface area contributed by atoms with Gasteiger partial charge in [-0.2, -0.15) is 13.2 Å². The van der Waals surface area contributed by atoms with Gasteiger partial charge in [0.15, 0.2) is 0 Å². The summed E-state index contributed by atoms with van der Waals surface area (Å²) in [5.74, 6) is -0.247. The van der Waals surface area contributed by atoms with Crippen LogP contribution in [0.4, 0.5) is 13.2 Å². The molecule has 0 aliphatic carbocycles. The smallest absolute Gasteiger partial charge is 0.469 e.